The molecule has 148 valence electrons. The maximum atomic E-state index is 5.58. The molecule has 0 aliphatic carbocycles. The summed E-state index contributed by atoms with van der Waals surface area (Å²) >= 11 is 0. The Morgan fingerprint density at radius 3 is 1.89 bits per heavy atom. The minimum atomic E-state index is 0.508. The summed E-state index contributed by atoms with van der Waals surface area (Å²) in [4.78, 5) is 0. The monoisotopic (exact) mass is 381 g/mol. The molecule has 0 unspecified atom stereocenters. The summed E-state index contributed by atoms with van der Waals surface area (Å²) in [7, 11) is 6.68. The highest BCUT2D eigenvalue weighted by Crippen LogP contribution is 2.41. The Morgan fingerprint density at radius 2 is 1.32 bits per heavy atom. The Kier molecular flexibility index (Phi) is 5.18. The summed E-state index contributed by atoms with van der Waals surface area (Å²) in [5.41, 5.74) is 1.30. The van der Waals surface area contributed by atoms with E-state index in [0.717, 1.165) is 52.1 Å². The minimum absolute atomic E-state index is 0.508. The van der Waals surface area contributed by atoms with Gasteiger partial charge in [0, 0.05) is 6.04 Å². The van der Waals surface area contributed by atoms with E-state index in [1.807, 2.05) is 6.07 Å². The maximum Gasteiger partial charge on any atom is 0.161 e. The van der Waals surface area contributed by atoms with Crippen molar-refractivity contribution in [2.45, 2.75) is 25.3 Å². The van der Waals surface area contributed by atoms with Gasteiger partial charge < -0.3 is 24.3 Å². The first-order valence-electron chi connectivity index (χ1n) is 9.65. The average molecular weight is 381 g/mol. The second kappa shape index (κ2) is 7.76. The third kappa shape index (κ3) is 3.20. The number of ether oxygens (including phenoxy) is 4. The van der Waals surface area contributed by atoms with Crippen LogP contribution in [0.25, 0.3) is 21.5 Å². The van der Waals surface area contributed by atoms with Crippen LogP contribution in [0.3, 0.4) is 0 Å². The molecule has 28 heavy (non-hydrogen) atoms. The number of hydrogen-bond donors (Lipinski definition) is 1. The third-order valence-corrected chi connectivity index (χ3v) is 5.67. The molecule has 1 fully saturated rings. The summed E-state index contributed by atoms with van der Waals surface area (Å²) < 4.78 is 22.2. The molecule has 0 radical (unpaired) electrons. The van der Waals surface area contributed by atoms with Crippen molar-refractivity contribution in [2.24, 2.45) is 0 Å². The smallest absolute Gasteiger partial charge is 0.161 e. The average Bonchev–Trinajstić information content (AvgIpc) is 3.24. The van der Waals surface area contributed by atoms with Gasteiger partial charge >= 0.3 is 0 Å². The molecule has 1 N–H and O–H groups in total. The maximum absolute atomic E-state index is 5.58. The van der Waals surface area contributed by atoms with Gasteiger partial charge in [-0.05, 0) is 77.2 Å². The quantitative estimate of drug-likeness (QED) is 0.645. The lowest BCUT2D eigenvalue weighted by Gasteiger charge is -2.18. The van der Waals surface area contributed by atoms with E-state index in [-0.39, 0.29) is 0 Å². The highest BCUT2D eigenvalue weighted by molar-refractivity contribution is 6.11. The molecule has 3 aromatic rings. The second-order valence-electron chi connectivity index (χ2n) is 7.21. The van der Waals surface area contributed by atoms with E-state index in [0.29, 0.717) is 6.04 Å². The molecule has 4 rings (SSSR count). The molecule has 5 heteroatoms. The lowest BCUT2D eigenvalue weighted by Crippen LogP contribution is -2.23. The number of benzene rings is 3. The van der Waals surface area contributed by atoms with Crippen molar-refractivity contribution in [3.05, 3.63) is 35.9 Å². The molecule has 1 saturated heterocycles. The van der Waals surface area contributed by atoms with Crippen LogP contribution in [-0.4, -0.2) is 41.0 Å². The first kappa shape index (κ1) is 18.7. The lowest BCUT2D eigenvalue weighted by atomic mass is 9.92. The van der Waals surface area contributed by atoms with Crippen LogP contribution in [0.4, 0.5) is 0 Å². The van der Waals surface area contributed by atoms with Crippen molar-refractivity contribution in [1.29, 1.82) is 0 Å². The number of rotatable bonds is 6. The van der Waals surface area contributed by atoms with Crippen LogP contribution in [0.2, 0.25) is 0 Å². The normalized spacial score (nSPS) is 16.5. The topological polar surface area (TPSA) is 49.0 Å². The standard InChI is InChI=1S/C23H27NO4/c1-25-20-10-15-8-14(9-16-6-5-7-24-16)17-11-22(27-3)23(28-4)13-19(17)18(15)12-21(20)26-2/h8,10-13,16,24H,5-7,9H2,1-4H3/t16-/m0/s1. The highest BCUT2D eigenvalue weighted by atomic mass is 16.5. The molecule has 0 saturated carbocycles. The van der Waals surface area contributed by atoms with Crippen molar-refractivity contribution >= 4 is 21.5 Å². The summed E-state index contributed by atoms with van der Waals surface area (Å²) in [5.74, 6) is 2.92. The van der Waals surface area contributed by atoms with Crippen LogP contribution < -0.4 is 24.3 Å². The fourth-order valence-electron chi connectivity index (χ4n) is 4.25. The first-order valence-corrected chi connectivity index (χ1v) is 9.65. The fourth-order valence-corrected chi connectivity index (χ4v) is 4.25. The van der Waals surface area contributed by atoms with E-state index >= 15 is 0 Å². The van der Waals surface area contributed by atoms with E-state index in [4.69, 9.17) is 18.9 Å². The molecule has 0 aromatic heterocycles. The molecular weight excluding hydrogens is 354 g/mol. The van der Waals surface area contributed by atoms with E-state index in [1.54, 1.807) is 28.4 Å². The molecule has 1 aliphatic heterocycles. The predicted octanol–water partition coefficient (Wildman–Crippen LogP) is 4.32. The van der Waals surface area contributed by atoms with E-state index in [1.165, 1.54) is 23.8 Å². The molecule has 0 amide bonds. The van der Waals surface area contributed by atoms with Crippen molar-refractivity contribution in [2.75, 3.05) is 35.0 Å². The van der Waals surface area contributed by atoms with Gasteiger partial charge in [-0.15, -0.1) is 0 Å². The van der Waals surface area contributed by atoms with Gasteiger partial charge in [0.15, 0.2) is 23.0 Å². The third-order valence-electron chi connectivity index (χ3n) is 5.67. The molecule has 1 heterocycles. The number of fused-ring (bicyclic) bond motifs is 3. The molecule has 5 nitrogen and oxygen atoms in total. The van der Waals surface area contributed by atoms with Crippen molar-refractivity contribution in [3.8, 4) is 23.0 Å². The molecule has 0 bridgehead atoms. The van der Waals surface area contributed by atoms with Crippen LogP contribution in [0.15, 0.2) is 30.3 Å². The number of hydrogen-bond acceptors (Lipinski definition) is 5. The largest absolute Gasteiger partial charge is 0.493 e. The Morgan fingerprint density at radius 1 is 0.750 bits per heavy atom. The first-order chi connectivity index (χ1) is 13.7. The summed E-state index contributed by atoms with van der Waals surface area (Å²) in [6, 6.07) is 11.0. The van der Waals surface area contributed by atoms with Gasteiger partial charge in [-0.2, -0.15) is 0 Å². The van der Waals surface area contributed by atoms with E-state index in [2.05, 4.69) is 29.6 Å². The zero-order valence-corrected chi connectivity index (χ0v) is 16.9. The van der Waals surface area contributed by atoms with Crippen LogP contribution in [0, 0.1) is 0 Å². The summed E-state index contributed by atoms with van der Waals surface area (Å²) in [5, 5.41) is 8.16. The van der Waals surface area contributed by atoms with Crippen molar-refractivity contribution in [1.82, 2.24) is 5.32 Å². The van der Waals surface area contributed by atoms with Gasteiger partial charge in [-0.25, -0.2) is 0 Å². The lowest BCUT2D eigenvalue weighted by molar-refractivity contribution is 0.355. The fraction of sp³-hybridized carbons (Fsp3) is 0.391. The van der Waals surface area contributed by atoms with Crippen LogP contribution in [0.1, 0.15) is 18.4 Å². The van der Waals surface area contributed by atoms with Gasteiger partial charge in [0.1, 0.15) is 0 Å². The van der Waals surface area contributed by atoms with Crippen LogP contribution in [0.5, 0.6) is 23.0 Å². The van der Waals surface area contributed by atoms with Gasteiger partial charge in [0.25, 0.3) is 0 Å². The Balaban J connectivity index is 2.01. The van der Waals surface area contributed by atoms with Gasteiger partial charge in [0.05, 0.1) is 28.4 Å². The second-order valence-corrected chi connectivity index (χ2v) is 7.21. The summed E-state index contributed by atoms with van der Waals surface area (Å²) in [6.45, 7) is 1.10. The van der Waals surface area contributed by atoms with Gasteiger partial charge in [-0.3, -0.25) is 0 Å². The Bertz CT molecular complexity index is 1010. The van der Waals surface area contributed by atoms with E-state index in [9.17, 15) is 0 Å². The molecule has 3 aromatic carbocycles. The van der Waals surface area contributed by atoms with Gasteiger partial charge in [0.2, 0.25) is 0 Å². The van der Waals surface area contributed by atoms with Gasteiger partial charge in [-0.1, -0.05) is 6.07 Å². The molecule has 1 aliphatic rings. The van der Waals surface area contributed by atoms with Crippen LogP contribution in [-0.2, 0) is 6.42 Å². The Hall–Kier alpha value is -2.66. The Labute approximate surface area is 165 Å². The molecular formula is C23H27NO4. The number of nitrogens with one attached hydrogen (secondary N) is 1. The SMILES string of the molecule is COc1cc2cc(C[C@@H]3CCCN3)c3cc(OC)c(OC)cc3c2cc1OC. The van der Waals surface area contributed by atoms with Crippen molar-refractivity contribution in [3.63, 3.8) is 0 Å². The summed E-state index contributed by atoms with van der Waals surface area (Å²) in [6.07, 6.45) is 3.42. The predicted molar refractivity (Wildman–Crippen MR) is 112 cm³/mol. The highest BCUT2D eigenvalue weighted by Gasteiger charge is 2.19. The molecule has 0 spiro atoms. The van der Waals surface area contributed by atoms with Crippen molar-refractivity contribution < 1.29 is 18.9 Å². The minimum Gasteiger partial charge on any atom is -0.493 e. The number of methoxy groups -OCH3 is 4. The van der Waals surface area contributed by atoms with E-state index < -0.39 is 0 Å². The zero-order chi connectivity index (χ0) is 19.7. The zero-order valence-electron chi connectivity index (χ0n) is 16.9. The van der Waals surface area contributed by atoms with Crippen LogP contribution >= 0.6 is 0 Å². The molecule has 1 atom stereocenters.